The van der Waals surface area contributed by atoms with Crippen molar-refractivity contribution in [3.05, 3.63) is 76.4 Å². The lowest BCUT2D eigenvalue weighted by Crippen LogP contribution is -2.07. The molecular weight excluding hydrogens is 298 g/mol. The van der Waals surface area contributed by atoms with E-state index in [1.54, 1.807) is 6.07 Å². The summed E-state index contributed by atoms with van der Waals surface area (Å²) in [5.41, 5.74) is 2.78. The van der Waals surface area contributed by atoms with Crippen LogP contribution in [0, 0.1) is 10.1 Å². The maximum atomic E-state index is 11.3. The minimum Gasteiger partial charge on any atom is -0.258 e. The Labute approximate surface area is 134 Å². The second-order valence-electron chi connectivity index (χ2n) is 5.48. The number of nitro groups is 1. The third-order valence-electron chi connectivity index (χ3n) is 4.04. The Morgan fingerprint density at radius 3 is 2.45 bits per heavy atom. The van der Waals surface area contributed by atoms with E-state index in [-0.39, 0.29) is 21.9 Å². The number of benzene rings is 2. The SMILES string of the molecule is O=[N+]([O-])c1ccc(C2C=CC(Cl)CC2)cc1-c1ccccc1. The van der Waals surface area contributed by atoms with Crippen LogP contribution < -0.4 is 0 Å². The van der Waals surface area contributed by atoms with Crippen molar-refractivity contribution < 1.29 is 4.92 Å². The van der Waals surface area contributed by atoms with Gasteiger partial charge in [0.25, 0.3) is 5.69 Å². The summed E-state index contributed by atoms with van der Waals surface area (Å²) >= 11 is 6.09. The van der Waals surface area contributed by atoms with Gasteiger partial charge in [0.1, 0.15) is 0 Å². The largest absolute Gasteiger partial charge is 0.277 e. The van der Waals surface area contributed by atoms with Crippen molar-refractivity contribution in [2.45, 2.75) is 24.1 Å². The standard InChI is InChI=1S/C18H16ClNO2/c19-16-9-6-13(7-10-16)15-8-11-18(20(21)22)17(12-15)14-4-2-1-3-5-14/h1-6,8-9,11-13,16H,7,10H2. The fourth-order valence-corrected chi connectivity index (χ4v) is 3.07. The molecule has 2 aromatic rings. The van der Waals surface area contributed by atoms with Gasteiger partial charge in [-0.05, 0) is 30.0 Å². The van der Waals surface area contributed by atoms with E-state index in [0.717, 1.165) is 24.0 Å². The first-order valence-electron chi connectivity index (χ1n) is 7.31. The molecular formula is C18H16ClNO2. The number of nitro benzene ring substituents is 1. The van der Waals surface area contributed by atoms with Crippen LogP contribution in [0.25, 0.3) is 11.1 Å². The lowest BCUT2D eigenvalue weighted by molar-refractivity contribution is -0.384. The number of allylic oxidation sites excluding steroid dienone is 2. The van der Waals surface area contributed by atoms with Gasteiger partial charge in [-0.2, -0.15) is 0 Å². The number of halogens is 1. The molecule has 112 valence electrons. The number of nitrogens with zero attached hydrogens (tertiary/aromatic N) is 1. The van der Waals surface area contributed by atoms with Crippen LogP contribution in [0.3, 0.4) is 0 Å². The molecule has 0 radical (unpaired) electrons. The van der Waals surface area contributed by atoms with Crippen LogP contribution >= 0.6 is 11.6 Å². The first kappa shape index (κ1) is 14.8. The van der Waals surface area contributed by atoms with Crippen molar-refractivity contribution in [2.24, 2.45) is 0 Å². The topological polar surface area (TPSA) is 43.1 Å². The quantitative estimate of drug-likeness (QED) is 0.334. The Hall–Kier alpha value is -2.13. The van der Waals surface area contributed by atoms with Gasteiger partial charge in [0.2, 0.25) is 0 Å². The molecule has 2 aromatic carbocycles. The van der Waals surface area contributed by atoms with Gasteiger partial charge in [0.15, 0.2) is 0 Å². The Morgan fingerprint density at radius 1 is 1.05 bits per heavy atom. The van der Waals surface area contributed by atoms with Crippen LogP contribution in [0.4, 0.5) is 5.69 Å². The third-order valence-corrected chi connectivity index (χ3v) is 4.40. The molecule has 3 nitrogen and oxygen atoms in total. The van der Waals surface area contributed by atoms with E-state index >= 15 is 0 Å². The average molecular weight is 314 g/mol. The lowest BCUT2D eigenvalue weighted by Gasteiger charge is -2.20. The van der Waals surface area contributed by atoms with Gasteiger partial charge >= 0.3 is 0 Å². The molecule has 0 bridgehead atoms. The summed E-state index contributed by atoms with van der Waals surface area (Å²) in [6, 6.07) is 14.9. The van der Waals surface area contributed by atoms with Gasteiger partial charge < -0.3 is 0 Å². The van der Waals surface area contributed by atoms with E-state index in [4.69, 9.17) is 11.6 Å². The third kappa shape index (κ3) is 3.04. The molecule has 1 aliphatic carbocycles. The van der Waals surface area contributed by atoms with Crippen LogP contribution in [-0.2, 0) is 0 Å². The zero-order valence-corrected chi connectivity index (χ0v) is 12.7. The van der Waals surface area contributed by atoms with Crippen molar-refractivity contribution in [3.8, 4) is 11.1 Å². The van der Waals surface area contributed by atoms with E-state index in [1.165, 1.54) is 0 Å². The second kappa shape index (κ2) is 6.32. The van der Waals surface area contributed by atoms with Gasteiger partial charge in [-0.25, -0.2) is 0 Å². The fourth-order valence-electron chi connectivity index (χ4n) is 2.86. The molecule has 0 aliphatic heterocycles. The van der Waals surface area contributed by atoms with Crippen molar-refractivity contribution in [2.75, 3.05) is 0 Å². The normalized spacial score (nSPS) is 20.8. The molecule has 2 atom stereocenters. The van der Waals surface area contributed by atoms with Crippen molar-refractivity contribution in [3.63, 3.8) is 0 Å². The average Bonchev–Trinajstić information content (AvgIpc) is 2.56. The number of hydrogen-bond donors (Lipinski definition) is 0. The van der Waals surface area contributed by atoms with Gasteiger partial charge in [0, 0.05) is 12.0 Å². The van der Waals surface area contributed by atoms with Gasteiger partial charge in [-0.3, -0.25) is 10.1 Å². The predicted molar refractivity (Wildman–Crippen MR) is 89.3 cm³/mol. The zero-order chi connectivity index (χ0) is 15.5. The highest BCUT2D eigenvalue weighted by Gasteiger charge is 2.20. The van der Waals surface area contributed by atoms with Gasteiger partial charge in [0.05, 0.1) is 15.9 Å². The summed E-state index contributed by atoms with van der Waals surface area (Å²) in [6.45, 7) is 0. The van der Waals surface area contributed by atoms with E-state index in [1.807, 2.05) is 48.5 Å². The zero-order valence-electron chi connectivity index (χ0n) is 12.0. The molecule has 0 N–H and O–H groups in total. The molecule has 1 aliphatic rings. The van der Waals surface area contributed by atoms with Crippen LogP contribution in [0.2, 0.25) is 0 Å². The Kier molecular flexibility index (Phi) is 4.25. The summed E-state index contributed by atoms with van der Waals surface area (Å²) in [7, 11) is 0. The molecule has 0 amide bonds. The molecule has 0 aromatic heterocycles. The molecule has 2 unspecified atom stereocenters. The van der Waals surface area contributed by atoms with Crippen LogP contribution in [-0.4, -0.2) is 10.3 Å². The van der Waals surface area contributed by atoms with Crippen molar-refractivity contribution >= 4 is 17.3 Å². The molecule has 0 heterocycles. The molecule has 0 fully saturated rings. The monoisotopic (exact) mass is 313 g/mol. The molecule has 0 saturated heterocycles. The minimum absolute atomic E-state index is 0.0999. The molecule has 3 rings (SSSR count). The highest BCUT2D eigenvalue weighted by atomic mass is 35.5. The second-order valence-corrected chi connectivity index (χ2v) is 6.05. The first-order chi connectivity index (χ1) is 10.6. The van der Waals surface area contributed by atoms with E-state index < -0.39 is 0 Å². The highest BCUT2D eigenvalue weighted by Crippen LogP contribution is 2.36. The van der Waals surface area contributed by atoms with E-state index in [9.17, 15) is 10.1 Å². The summed E-state index contributed by atoms with van der Waals surface area (Å²) < 4.78 is 0. The smallest absolute Gasteiger partial charge is 0.258 e. The first-order valence-corrected chi connectivity index (χ1v) is 7.75. The summed E-state index contributed by atoms with van der Waals surface area (Å²) in [5.74, 6) is 0.276. The molecule has 0 saturated carbocycles. The maximum absolute atomic E-state index is 11.3. The number of alkyl halides is 1. The van der Waals surface area contributed by atoms with Gasteiger partial charge in [-0.15, -0.1) is 11.6 Å². The molecule has 4 heteroatoms. The van der Waals surface area contributed by atoms with Gasteiger partial charge in [-0.1, -0.05) is 48.6 Å². The van der Waals surface area contributed by atoms with Crippen molar-refractivity contribution in [1.29, 1.82) is 0 Å². The molecule has 0 spiro atoms. The number of hydrogen-bond acceptors (Lipinski definition) is 2. The molecule has 22 heavy (non-hydrogen) atoms. The van der Waals surface area contributed by atoms with E-state index in [0.29, 0.717) is 5.56 Å². The van der Waals surface area contributed by atoms with Crippen LogP contribution in [0.1, 0.15) is 24.3 Å². The van der Waals surface area contributed by atoms with Crippen molar-refractivity contribution in [1.82, 2.24) is 0 Å². The number of rotatable bonds is 3. The Bertz CT molecular complexity index is 712. The highest BCUT2D eigenvalue weighted by molar-refractivity contribution is 6.21. The Morgan fingerprint density at radius 2 is 1.82 bits per heavy atom. The fraction of sp³-hybridized carbons (Fsp3) is 0.222. The predicted octanol–water partition coefficient (Wildman–Crippen LogP) is 5.30. The van der Waals surface area contributed by atoms with Crippen LogP contribution in [0.15, 0.2) is 60.7 Å². The summed E-state index contributed by atoms with van der Waals surface area (Å²) in [6.07, 6.45) is 6.02. The summed E-state index contributed by atoms with van der Waals surface area (Å²) in [4.78, 5) is 11.0. The van der Waals surface area contributed by atoms with Crippen LogP contribution in [0.5, 0.6) is 0 Å². The Balaban J connectivity index is 2.05. The summed E-state index contributed by atoms with van der Waals surface area (Å²) in [5, 5.41) is 11.4. The maximum Gasteiger partial charge on any atom is 0.277 e. The van der Waals surface area contributed by atoms with E-state index in [2.05, 4.69) is 6.08 Å². The minimum atomic E-state index is -0.322. The lowest BCUT2D eigenvalue weighted by atomic mass is 9.87.